The molecule has 1 aliphatic heterocycles. The molecule has 0 fully saturated rings. The van der Waals surface area contributed by atoms with Gasteiger partial charge in [-0.25, -0.2) is 13.4 Å². The van der Waals surface area contributed by atoms with Gasteiger partial charge in [0.25, 0.3) is 10.0 Å². The molecule has 0 N–H and O–H groups in total. The van der Waals surface area contributed by atoms with Crippen molar-refractivity contribution in [1.82, 2.24) is 4.31 Å². The molecule has 7 heteroatoms. The minimum Gasteiger partial charge on any atom is -0.463 e. The van der Waals surface area contributed by atoms with Gasteiger partial charge in [0.15, 0.2) is 0 Å². The van der Waals surface area contributed by atoms with Crippen LogP contribution in [-0.2, 0) is 19.6 Å². The molecule has 0 spiro atoms. The van der Waals surface area contributed by atoms with Gasteiger partial charge in [-0.2, -0.15) is 0 Å². The van der Waals surface area contributed by atoms with Crippen molar-refractivity contribution in [3.05, 3.63) is 24.3 Å². The maximum atomic E-state index is 13.5. The van der Waals surface area contributed by atoms with E-state index in [0.717, 1.165) is 38.5 Å². The average molecular weight is 451 g/mol. The second-order valence-corrected chi connectivity index (χ2v) is 10.4. The van der Waals surface area contributed by atoms with Crippen LogP contribution in [0.3, 0.4) is 0 Å². The Hall–Kier alpha value is -1.89. The minimum absolute atomic E-state index is 0.151. The summed E-state index contributed by atoms with van der Waals surface area (Å²) in [5.74, 6) is 0.0453. The summed E-state index contributed by atoms with van der Waals surface area (Å²) in [6.45, 7) is 8.25. The van der Waals surface area contributed by atoms with E-state index in [1.165, 1.54) is 17.1 Å². The summed E-state index contributed by atoms with van der Waals surface area (Å²) in [5, 5.41) is 0. The third-order valence-corrected chi connectivity index (χ3v) is 7.34. The number of rotatable bonds is 13. The Balaban J connectivity index is 2.31. The molecule has 0 amide bonds. The first-order valence-corrected chi connectivity index (χ1v) is 13.1. The van der Waals surface area contributed by atoms with Gasteiger partial charge in [0.1, 0.15) is 17.2 Å². The summed E-state index contributed by atoms with van der Waals surface area (Å²) in [7, 11) is -3.77. The molecule has 174 valence electrons. The van der Waals surface area contributed by atoms with E-state index in [4.69, 9.17) is 4.74 Å². The predicted octanol–water partition coefficient (Wildman–Crippen LogP) is 5.84. The second kappa shape index (κ2) is 12.2. The van der Waals surface area contributed by atoms with Crippen LogP contribution in [0.5, 0.6) is 0 Å². The maximum Gasteiger partial charge on any atom is 0.313 e. The number of aliphatic imine (C=N–C) groups is 1. The quantitative estimate of drug-likeness (QED) is 0.279. The van der Waals surface area contributed by atoms with E-state index in [0.29, 0.717) is 12.2 Å². The third kappa shape index (κ3) is 7.34. The summed E-state index contributed by atoms with van der Waals surface area (Å²) >= 11 is 0. The van der Waals surface area contributed by atoms with Gasteiger partial charge in [-0.05, 0) is 44.7 Å². The molecule has 0 saturated carbocycles. The zero-order valence-corrected chi connectivity index (χ0v) is 20.3. The lowest BCUT2D eigenvalue weighted by atomic mass is 9.95. The first-order valence-electron chi connectivity index (χ1n) is 11.7. The number of para-hydroxylation sites is 1. The molecule has 6 nitrogen and oxygen atoms in total. The molecule has 1 heterocycles. The number of hydrogen-bond donors (Lipinski definition) is 0. The van der Waals surface area contributed by atoms with E-state index in [9.17, 15) is 13.2 Å². The van der Waals surface area contributed by atoms with Crippen molar-refractivity contribution in [2.45, 2.75) is 96.5 Å². The van der Waals surface area contributed by atoms with Crippen molar-refractivity contribution < 1.29 is 17.9 Å². The molecule has 0 aromatic heterocycles. The molecule has 1 unspecified atom stereocenters. The van der Waals surface area contributed by atoms with Gasteiger partial charge in [0.05, 0.1) is 11.8 Å². The Morgan fingerprint density at radius 2 is 1.71 bits per heavy atom. The third-order valence-electron chi connectivity index (χ3n) is 5.50. The number of fused-ring (bicyclic) bond motifs is 1. The average Bonchev–Trinajstić information content (AvgIpc) is 2.71. The van der Waals surface area contributed by atoms with Crippen molar-refractivity contribution in [3.8, 4) is 0 Å². The van der Waals surface area contributed by atoms with Crippen molar-refractivity contribution in [2.75, 3.05) is 6.54 Å². The zero-order chi connectivity index (χ0) is 22.9. The topological polar surface area (TPSA) is 76.0 Å². The Morgan fingerprint density at radius 3 is 2.39 bits per heavy atom. The van der Waals surface area contributed by atoms with Gasteiger partial charge in [-0.1, -0.05) is 64.5 Å². The van der Waals surface area contributed by atoms with Crippen LogP contribution in [0.4, 0.5) is 5.69 Å². The van der Waals surface area contributed by atoms with Gasteiger partial charge >= 0.3 is 5.97 Å². The molecule has 0 saturated heterocycles. The number of carbonyl (C=O) groups excluding carboxylic acids is 1. The summed E-state index contributed by atoms with van der Waals surface area (Å²) in [5.41, 5.74) is 0.388. The molecule has 1 aliphatic rings. The van der Waals surface area contributed by atoms with Crippen LogP contribution < -0.4 is 0 Å². The highest BCUT2D eigenvalue weighted by Gasteiger charge is 2.36. The predicted molar refractivity (Wildman–Crippen MR) is 125 cm³/mol. The lowest BCUT2D eigenvalue weighted by Gasteiger charge is -2.32. The van der Waals surface area contributed by atoms with Gasteiger partial charge in [-0.15, -0.1) is 0 Å². The lowest BCUT2D eigenvalue weighted by Crippen LogP contribution is -2.43. The van der Waals surface area contributed by atoms with Crippen LogP contribution in [0.25, 0.3) is 0 Å². The number of hydrogen-bond acceptors (Lipinski definition) is 5. The molecular weight excluding hydrogens is 412 g/mol. The molecule has 1 aromatic carbocycles. The Labute approximate surface area is 188 Å². The number of sulfonamides is 1. The zero-order valence-electron chi connectivity index (χ0n) is 19.5. The molecule has 1 aromatic rings. The van der Waals surface area contributed by atoms with Crippen LogP contribution in [-0.4, -0.2) is 37.2 Å². The fraction of sp³-hybridized carbons (Fsp3) is 0.667. The minimum atomic E-state index is -3.77. The molecule has 0 aliphatic carbocycles. The van der Waals surface area contributed by atoms with Crippen molar-refractivity contribution in [1.29, 1.82) is 0 Å². The van der Waals surface area contributed by atoms with Crippen LogP contribution >= 0.6 is 0 Å². The fourth-order valence-electron chi connectivity index (χ4n) is 3.90. The Kier molecular flexibility index (Phi) is 10.0. The molecule has 31 heavy (non-hydrogen) atoms. The number of carbonyl (C=O) groups is 1. The maximum absolute atomic E-state index is 13.5. The SMILES string of the molecule is CCCCCCC(CCCC)CN1C(CC(=O)OC(C)C)=Nc2ccccc2S1(=O)=O. The largest absolute Gasteiger partial charge is 0.463 e. The monoisotopic (exact) mass is 450 g/mol. The van der Waals surface area contributed by atoms with Crippen molar-refractivity contribution in [2.24, 2.45) is 10.9 Å². The summed E-state index contributed by atoms with van der Waals surface area (Å²) in [6, 6.07) is 6.74. The molecule has 0 radical (unpaired) electrons. The number of esters is 1. The van der Waals surface area contributed by atoms with E-state index in [2.05, 4.69) is 18.8 Å². The highest BCUT2D eigenvalue weighted by Crippen LogP contribution is 2.34. The van der Waals surface area contributed by atoms with Gasteiger partial charge in [0, 0.05) is 6.54 Å². The Bertz CT molecular complexity index is 849. The summed E-state index contributed by atoms with van der Waals surface area (Å²) in [4.78, 5) is 17.1. The first kappa shape index (κ1) is 25.4. The van der Waals surface area contributed by atoms with Crippen LogP contribution in [0.1, 0.15) is 85.5 Å². The van der Waals surface area contributed by atoms with Crippen molar-refractivity contribution in [3.63, 3.8) is 0 Å². The standard InChI is InChI=1S/C24H38N2O4S/c1-5-7-9-10-14-20(13-8-6-2)18-26-23(17-24(27)30-19(3)4)25-21-15-11-12-16-22(21)31(26,28)29/h11-12,15-16,19-20H,5-10,13-14,17-18H2,1-4H3. The summed E-state index contributed by atoms with van der Waals surface area (Å²) < 4.78 is 33.6. The number of unbranched alkanes of at least 4 members (excludes halogenated alkanes) is 4. The number of benzene rings is 1. The number of amidine groups is 1. The second-order valence-electron chi connectivity index (χ2n) is 8.60. The number of ether oxygens (including phenoxy) is 1. The fourth-order valence-corrected chi connectivity index (χ4v) is 5.55. The highest BCUT2D eigenvalue weighted by atomic mass is 32.2. The van der Waals surface area contributed by atoms with Crippen LogP contribution in [0.2, 0.25) is 0 Å². The molecule has 1 atom stereocenters. The summed E-state index contributed by atoms with van der Waals surface area (Å²) in [6.07, 6.45) is 8.30. The normalized spacial score (nSPS) is 16.0. The smallest absolute Gasteiger partial charge is 0.313 e. The van der Waals surface area contributed by atoms with Crippen LogP contribution in [0, 0.1) is 5.92 Å². The van der Waals surface area contributed by atoms with E-state index in [-0.39, 0.29) is 29.2 Å². The van der Waals surface area contributed by atoms with Crippen LogP contribution in [0.15, 0.2) is 34.2 Å². The highest BCUT2D eigenvalue weighted by molar-refractivity contribution is 7.90. The number of nitrogens with zero attached hydrogens (tertiary/aromatic N) is 2. The Morgan fingerprint density at radius 1 is 1.03 bits per heavy atom. The van der Waals surface area contributed by atoms with Gasteiger partial charge in [-0.3, -0.25) is 9.10 Å². The van der Waals surface area contributed by atoms with Crippen molar-refractivity contribution >= 4 is 27.5 Å². The first-order chi connectivity index (χ1) is 14.8. The van der Waals surface area contributed by atoms with E-state index < -0.39 is 16.0 Å². The molecule has 2 rings (SSSR count). The van der Waals surface area contributed by atoms with E-state index in [1.807, 2.05) is 0 Å². The van der Waals surface area contributed by atoms with Gasteiger partial charge in [0.2, 0.25) is 0 Å². The van der Waals surface area contributed by atoms with E-state index >= 15 is 0 Å². The molecular formula is C24H38N2O4S. The van der Waals surface area contributed by atoms with Gasteiger partial charge < -0.3 is 4.74 Å². The lowest BCUT2D eigenvalue weighted by molar-refractivity contribution is -0.145. The molecule has 0 bridgehead atoms. The van der Waals surface area contributed by atoms with E-state index in [1.54, 1.807) is 38.1 Å².